The lowest BCUT2D eigenvalue weighted by molar-refractivity contribution is -0.114. The molecule has 1 aromatic rings. The molecular formula is C12H13Cl2NO3. The van der Waals surface area contributed by atoms with Crippen LogP contribution in [0, 0.1) is 0 Å². The third-order valence-corrected chi connectivity index (χ3v) is 2.42. The molecule has 0 aliphatic rings. The second-order valence-electron chi connectivity index (χ2n) is 3.50. The van der Waals surface area contributed by atoms with Crippen LogP contribution in [0.4, 0.5) is 5.69 Å². The zero-order chi connectivity index (χ0) is 13.5. The van der Waals surface area contributed by atoms with Gasteiger partial charge in [-0.1, -0.05) is 30.1 Å². The number of anilines is 1. The van der Waals surface area contributed by atoms with Crippen LogP contribution < -0.4 is 5.32 Å². The lowest BCUT2D eigenvalue weighted by Crippen LogP contribution is -2.18. The molecule has 1 amide bonds. The van der Waals surface area contributed by atoms with Crippen molar-refractivity contribution in [2.75, 3.05) is 11.9 Å². The summed E-state index contributed by atoms with van der Waals surface area (Å²) in [5.41, 5.74) is 0.938. The number of alkyl halides is 2. The Bertz CT molecular complexity index is 418. The van der Waals surface area contributed by atoms with Crippen molar-refractivity contribution in [3.05, 3.63) is 29.8 Å². The molecule has 0 aliphatic carbocycles. The number of hydrogen-bond donors (Lipinski definition) is 1. The minimum absolute atomic E-state index is 0.386. The van der Waals surface area contributed by atoms with Gasteiger partial charge < -0.3 is 10.1 Å². The van der Waals surface area contributed by atoms with Gasteiger partial charge in [-0.2, -0.15) is 0 Å². The van der Waals surface area contributed by atoms with Crippen LogP contribution in [0.25, 0.3) is 0 Å². The van der Waals surface area contributed by atoms with Gasteiger partial charge in [0.1, 0.15) is 0 Å². The average molecular weight is 290 g/mol. The van der Waals surface area contributed by atoms with Gasteiger partial charge >= 0.3 is 5.97 Å². The predicted octanol–water partition coefficient (Wildman–Crippen LogP) is 3.00. The number of rotatable bonds is 5. The summed E-state index contributed by atoms with van der Waals surface area (Å²) >= 11 is 10.8. The third kappa shape index (κ3) is 4.55. The molecule has 98 valence electrons. The number of esters is 1. The quantitative estimate of drug-likeness (QED) is 0.670. The summed E-state index contributed by atoms with van der Waals surface area (Å²) < 4.78 is 4.97. The van der Waals surface area contributed by atoms with Gasteiger partial charge in [0.15, 0.2) is 4.84 Å². The maximum absolute atomic E-state index is 11.5. The SMILES string of the molecule is CCCOC(=O)c1ccc(NC(=O)C(Cl)Cl)cc1. The zero-order valence-corrected chi connectivity index (χ0v) is 11.3. The molecule has 1 N–H and O–H groups in total. The summed E-state index contributed by atoms with van der Waals surface area (Å²) in [5, 5.41) is 2.50. The molecule has 0 aliphatic heterocycles. The topological polar surface area (TPSA) is 55.4 Å². The van der Waals surface area contributed by atoms with Crippen LogP contribution in [0.3, 0.4) is 0 Å². The Kier molecular flexibility index (Phi) is 5.95. The van der Waals surface area contributed by atoms with E-state index in [4.69, 9.17) is 27.9 Å². The smallest absolute Gasteiger partial charge is 0.338 e. The highest BCUT2D eigenvalue weighted by molar-refractivity contribution is 6.54. The van der Waals surface area contributed by atoms with Crippen molar-refractivity contribution < 1.29 is 14.3 Å². The Morgan fingerprint density at radius 2 is 1.89 bits per heavy atom. The summed E-state index contributed by atoms with van der Waals surface area (Å²) in [6.45, 7) is 2.30. The molecule has 0 spiro atoms. The molecule has 1 aromatic carbocycles. The Hall–Kier alpha value is -1.26. The average Bonchev–Trinajstić information content (AvgIpc) is 2.36. The van der Waals surface area contributed by atoms with Crippen LogP contribution in [-0.4, -0.2) is 23.3 Å². The van der Waals surface area contributed by atoms with E-state index in [0.717, 1.165) is 6.42 Å². The molecule has 0 aromatic heterocycles. The molecule has 4 nitrogen and oxygen atoms in total. The van der Waals surface area contributed by atoms with Gasteiger partial charge in [0.25, 0.3) is 5.91 Å². The van der Waals surface area contributed by atoms with Gasteiger partial charge in [0.05, 0.1) is 12.2 Å². The van der Waals surface area contributed by atoms with Gasteiger partial charge in [0.2, 0.25) is 0 Å². The van der Waals surface area contributed by atoms with Gasteiger partial charge in [-0.3, -0.25) is 4.79 Å². The van der Waals surface area contributed by atoms with Crippen molar-refractivity contribution in [3.63, 3.8) is 0 Å². The number of halogens is 2. The summed E-state index contributed by atoms with van der Waals surface area (Å²) in [6.07, 6.45) is 0.771. The predicted molar refractivity (Wildman–Crippen MR) is 71.1 cm³/mol. The molecule has 0 unspecified atom stereocenters. The van der Waals surface area contributed by atoms with E-state index in [1.807, 2.05) is 6.92 Å². The van der Waals surface area contributed by atoms with E-state index in [0.29, 0.717) is 17.9 Å². The van der Waals surface area contributed by atoms with E-state index in [-0.39, 0.29) is 5.97 Å². The fourth-order valence-corrected chi connectivity index (χ4v) is 1.27. The number of ether oxygens (including phenoxy) is 1. The molecule has 0 saturated carbocycles. The summed E-state index contributed by atoms with van der Waals surface area (Å²) in [4.78, 5) is 21.6. The van der Waals surface area contributed by atoms with E-state index in [2.05, 4.69) is 5.32 Å². The highest BCUT2D eigenvalue weighted by Gasteiger charge is 2.12. The number of carbonyl (C=O) groups is 2. The first-order valence-corrected chi connectivity index (χ1v) is 6.28. The van der Waals surface area contributed by atoms with Crippen molar-refractivity contribution >= 4 is 40.8 Å². The molecule has 0 atom stereocenters. The van der Waals surface area contributed by atoms with Gasteiger partial charge in [-0.15, -0.1) is 0 Å². The Morgan fingerprint density at radius 3 is 2.39 bits per heavy atom. The van der Waals surface area contributed by atoms with Gasteiger partial charge in [0, 0.05) is 5.69 Å². The summed E-state index contributed by atoms with van der Waals surface area (Å²) in [5.74, 6) is -0.901. The van der Waals surface area contributed by atoms with E-state index in [1.54, 1.807) is 24.3 Å². The molecule has 0 radical (unpaired) electrons. The van der Waals surface area contributed by atoms with Crippen LogP contribution in [0.2, 0.25) is 0 Å². The standard InChI is InChI=1S/C12H13Cl2NO3/c1-2-7-18-12(17)8-3-5-9(6-4-8)15-11(16)10(13)14/h3-6,10H,2,7H2,1H3,(H,15,16). The zero-order valence-electron chi connectivity index (χ0n) is 9.78. The Balaban J connectivity index is 2.62. The summed E-state index contributed by atoms with van der Waals surface area (Å²) in [6, 6.07) is 6.28. The minimum Gasteiger partial charge on any atom is -0.462 e. The van der Waals surface area contributed by atoms with Crippen molar-refractivity contribution in [2.24, 2.45) is 0 Å². The lowest BCUT2D eigenvalue weighted by atomic mass is 10.2. The van der Waals surface area contributed by atoms with Crippen molar-refractivity contribution in [1.82, 2.24) is 0 Å². The Morgan fingerprint density at radius 1 is 1.28 bits per heavy atom. The molecule has 6 heteroatoms. The van der Waals surface area contributed by atoms with Crippen LogP contribution in [0.5, 0.6) is 0 Å². The highest BCUT2D eigenvalue weighted by atomic mass is 35.5. The lowest BCUT2D eigenvalue weighted by Gasteiger charge is -2.06. The van der Waals surface area contributed by atoms with E-state index in [9.17, 15) is 9.59 Å². The van der Waals surface area contributed by atoms with Gasteiger partial charge in [-0.05, 0) is 30.7 Å². The number of nitrogens with one attached hydrogen (secondary N) is 1. The molecular weight excluding hydrogens is 277 g/mol. The molecule has 1 rings (SSSR count). The van der Waals surface area contributed by atoms with Crippen molar-refractivity contribution in [2.45, 2.75) is 18.2 Å². The van der Waals surface area contributed by atoms with Crippen LogP contribution in [-0.2, 0) is 9.53 Å². The highest BCUT2D eigenvalue weighted by Crippen LogP contribution is 2.13. The van der Waals surface area contributed by atoms with Crippen molar-refractivity contribution in [3.8, 4) is 0 Å². The van der Waals surface area contributed by atoms with Gasteiger partial charge in [-0.25, -0.2) is 4.79 Å². The number of amides is 1. The largest absolute Gasteiger partial charge is 0.462 e. The first-order chi connectivity index (χ1) is 8.54. The van der Waals surface area contributed by atoms with E-state index >= 15 is 0 Å². The second kappa shape index (κ2) is 7.24. The number of carbonyl (C=O) groups excluding carboxylic acids is 2. The fourth-order valence-electron chi connectivity index (χ4n) is 1.16. The number of hydrogen-bond acceptors (Lipinski definition) is 3. The Labute approximate surface area is 115 Å². The van der Waals surface area contributed by atoms with Crippen molar-refractivity contribution in [1.29, 1.82) is 0 Å². The van der Waals surface area contributed by atoms with Crippen LogP contribution >= 0.6 is 23.2 Å². The van der Waals surface area contributed by atoms with Crippen LogP contribution in [0.15, 0.2) is 24.3 Å². The molecule has 0 saturated heterocycles. The first kappa shape index (κ1) is 14.8. The monoisotopic (exact) mass is 289 g/mol. The third-order valence-electron chi connectivity index (χ3n) is 2.02. The molecule has 18 heavy (non-hydrogen) atoms. The van der Waals surface area contributed by atoms with Crippen LogP contribution in [0.1, 0.15) is 23.7 Å². The second-order valence-corrected chi connectivity index (χ2v) is 4.60. The molecule has 0 bridgehead atoms. The normalized spacial score (nSPS) is 10.2. The molecule has 0 fully saturated rings. The summed E-state index contributed by atoms with van der Waals surface area (Å²) in [7, 11) is 0. The maximum Gasteiger partial charge on any atom is 0.338 e. The first-order valence-electron chi connectivity index (χ1n) is 5.40. The van der Waals surface area contributed by atoms with E-state index < -0.39 is 10.7 Å². The molecule has 0 heterocycles. The minimum atomic E-state index is -1.13. The maximum atomic E-state index is 11.5. The van der Waals surface area contributed by atoms with E-state index in [1.165, 1.54) is 0 Å². The number of benzene rings is 1. The fraction of sp³-hybridized carbons (Fsp3) is 0.333.